The molecule has 2 atom stereocenters. The summed E-state index contributed by atoms with van der Waals surface area (Å²) < 4.78 is 0. The first kappa shape index (κ1) is 10.4. The van der Waals surface area contributed by atoms with Crippen LogP contribution in [0.1, 0.15) is 51.4 Å². The molecule has 1 aliphatic heterocycles. The highest BCUT2D eigenvalue weighted by atomic mass is 14.9. The molecule has 0 radical (unpaired) electrons. The maximum Gasteiger partial charge on any atom is 0.0123 e. The van der Waals surface area contributed by atoms with Gasteiger partial charge in [0, 0.05) is 6.04 Å². The summed E-state index contributed by atoms with van der Waals surface area (Å²) in [6.45, 7) is 2.11. The number of nitrogens with one attached hydrogen (secondary N) is 1. The molecule has 2 fully saturated rings. The van der Waals surface area contributed by atoms with E-state index in [9.17, 15) is 0 Å². The molecule has 0 aromatic heterocycles. The molecule has 2 heteroatoms. The molecule has 2 unspecified atom stereocenters. The zero-order valence-electron chi connectivity index (χ0n) is 9.23. The van der Waals surface area contributed by atoms with E-state index in [2.05, 4.69) is 5.32 Å². The van der Waals surface area contributed by atoms with Crippen molar-refractivity contribution in [2.45, 2.75) is 57.4 Å². The van der Waals surface area contributed by atoms with Crippen molar-refractivity contribution in [1.29, 1.82) is 0 Å². The van der Waals surface area contributed by atoms with Gasteiger partial charge in [-0.1, -0.05) is 12.8 Å². The number of nitrogens with two attached hydrogens (primary N) is 1. The van der Waals surface area contributed by atoms with Gasteiger partial charge in [0.25, 0.3) is 0 Å². The first-order valence-electron chi connectivity index (χ1n) is 6.31. The van der Waals surface area contributed by atoms with E-state index in [1.54, 1.807) is 0 Å². The van der Waals surface area contributed by atoms with Crippen molar-refractivity contribution in [3.63, 3.8) is 0 Å². The minimum atomic E-state index is 0.635. The summed E-state index contributed by atoms with van der Waals surface area (Å²) in [6.07, 6.45) is 11.1. The molecule has 2 rings (SSSR count). The second-order valence-electron chi connectivity index (χ2n) is 5.11. The lowest BCUT2D eigenvalue weighted by atomic mass is 9.63. The van der Waals surface area contributed by atoms with Crippen molar-refractivity contribution in [2.24, 2.45) is 11.1 Å². The lowest BCUT2D eigenvalue weighted by Crippen LogP contribution is -2.51. The SMILES string of the molecule is NCCCC12CCCCC1NCCC2. The zero-order valence-corrected chi connectivity index (χ0v) is 9.23. The summed E-state index contributed by atoms with van der Waals surface area (Å²) in [5.74, 6) is 0. The Morgan fingerprint density at radius 1 is 1.21 bits per heavy atom. The van der Waals surface area contributed by atoms with Crippen molar-refractivity contribution in [3.05, 3.63) is 0 Å². The van der Waals surface area contributed by atoms with E-state index in [0.717, 1.165) is 12.6 Å². The van der Waals surface area contributed by atoms with Gasteiger partial charge in [-0.15, -0.1) is 0 Å². The van der Waals surface area contributed by atoms with Gasteiger partial charge in [-0.2, -0.15) is 0 Å². The Kier molecular flexibility index (Phi) is 3.45. The largest absolute Gasteiger partial charge is 0.330 e. The lowest BCUT2D eigenvalue weighted by Gasteiger charge is -2.48. The predicted molar refractivity (Wildman–Crippen MR) is 60.2 cm³/mol. The molecule has 1 aliphatic carbocycles. The summed E-state index contributed by atoms with van der Waals surface area (Å²) in [5.41, 5.74) is 6.28. The molecule has 2 nitrogen and oxygen atoms in total. The van der Waals surface area contributed by atoms with E-state index in [4.69, 9.17) is 5.73 Å². The van der Waals surface area contributed by atoms with Crippen molar-refractivity contribution >= 4 is 0 Å². The Morgan fingerprint density at radius 3 is 2.93 bits per heavy atom. The van der Waals surface area contributed by atoms with Crippen molar-refractivity contribution in [2.75, 3.05) is 13.1 Å². The van der Waals surface area contributed by atoms with Gasteiger partial charge in [-0.05, 0) is 57.0 Å². The zero-order chi connectivity index (χ0) is 9.86. The van der Waals surface area contributed by atoms with Gasteiger partial charge in [-0.3, -0.25) is 0 Å². The van der Waals surface area contributed by atoms with Crippen LogP contribution in [0, 0.1) is 5.41 Å². The normalized spacial score (nSPS) is 37.9. The van der Waals surface area contributed by atoms with Crippen molar-refractivity contribution < 1.29 is 0 Å². The van der Waals surface area contributed by atoms with Gasteiger partial charge in [0.05, 0.1) is 0 Å². The molecule has 1 saturated heterocycles. The highest BCUT2D eigenvalue weighted by Gasteiger charge is 2.41. The molecule has 0 bridgehead atoms. The molecule has 1 saturated carbocycles. The third kappa shape index (κ3) is 1.96. The summed E-state index contributed by atoms with van der Waals surface area (Å²) in [6, 6.07) is 0.816. The Bertz CT molecular complexity index is 167. The van der Waals surface area contributed by atoms with Crippen LogP contribution in [0.2, 0.25) is 0 Å². The van der Waals surface area contributed by atoms with E-state index >= 15 is 0 Å². The van der Waals surface area contributed by atoms with Gasteiger partial charge in [0.1, 0.15) is 0 Å². The molecule has 3 N–H and O–H groups in total. The van der Waals surface area contributed by atoms with Crippen LogP contribution in [-0.4, -0.2) is 19.1 Å². The van der Waals surface area contributed by atoms with Gasteiger partial charge in [-0.25, -0.2) is 0 Å². The van der Waals surface area contributed by atoms with Crippen LogP contribution in [0.25, 0.3) is 0 Å². The van der Waals surface area contributed by atoms with Crippen LogP contribution in [0.3, 0.4) is 0 Å². The fourth-order valence-electron chi connectivity index (χ4n) is 3.52. The predicted octanol–water partition coefficient (Wildman–Crippen LogP) is 2.04. The van der Waals surface area contributed by atoms with Gasteiger partial charge < -0.3 is 11.1 Å². The molecule has 0 spiro atoms. The van der Waals surface area contributed by atoms with Crippen molar-refractivity contribution in [3.8, 4) is 0 Å². The van der Waals surface area contributed by atoms with Crippen molar-refractivity contribution in [1.82, 2.24) is 5.32 Å². The average Bonchev–Trinajstić information content (AvgIpc) is 2.26. The summed E-state index contributed by atoms with van der Waals surface area (Å²) in [4.78, 5) is 0. The first-order chi connectivity index (χ1) is 6.87. The molecule has 0 amide bonds. The van der Waals surface area contributed by atoms with E-state index in [-0.39, 0.29) is 0 Å². The molecule has 1 heterocycles. The Hall–Kier alpha value is -0.0800. The van der Waals surface area contributed by atoms with Crippen LogP contribution in [0.5, 0.6) is 0 Å². The summed E-state index contributed by atoms with van der Waals surface area (Å²) in [5, 5.41) is 3.73. The number of rotatable bonds is 3. The van der Waals surface area contributed by atoms with E-state index in [0.29, 0.717) is 5.41 Å². The quantitative estimate of drug-likeness (QED) is 0.725. The molecule has 2 aliphatic rings. The highest BCUT2D eigenvalue weighted by molar-refractivity contribution is 4.96. The van der Waals surface area contributed by atoms with Gasteiger partial charge in [0.15, 0.2) is 0 Å². The third-order valence-electron chi connectivity index (χ3n) is 4.28. The summed E-state index contributed by atoms with van der Waals surface area (Å²) in [7, 11) is 0. The Balaban J connectivity index is 2.00. The minimum absolute atomic E-state index is 0.635. The van der Waals surface area contributed by atoms with Crippen LogP contribution in [0.4, 0.5) is 0 Å². The molecule has 14 heavy (non-hydrogen) atoms. The maximum atomic E-state index is 5.64. The number of fused-ring (bicyclic) bond motifs is 1. The van der Waals surface area contributed by atoms with E-state index < -0.39 is 0 Å². The van der Waals surface area contributed by atoms with Crippen LogP contribution >= 0.6 is 0 Å². The fourth-order valence-corrected chi connectivity index (χ4v) is 3.52. The van der Waals surface area contributed by atoms with Crippen LogP contribution < -0.4 is 11.1 Å². The molecular weight excluding hydrogens is 172 g/mol. The van der Waals surface area contributed by atoms with E-state index in [1.807, 2.05) is 0 Å². The first-order valence-corrected chi connectivity index (χ1v) is 6.31. The van der Waals surface area contributed by atoms with Gasteiger partial charge in [0.2, 0.25) is 0 Å². The maximum absolute atomic E-state index is 5.64. The Labute approximate surface area is 87.6 Å². The third-order valence-corrected chi connectivity index (χ3v) is 4.28. The second kappa shape index (κ2) is 4.63. The summed E-state index contributed by atoms with van der Waals surface area (Å²) >= 11 is 0. The van der Waals surface area contributed by atoms with Crippen LogP contribution in [-0.2, 0) is 0 Å². The van der Waals surface area contributed by atoms with E-state index in [1.165, 1.54) is 57.9 Å². The average molecular weight is 196 g/mol. The molecular formula is C12H24N2. The number of piperidine rings is 1. The fraction of sp³-hybridized carbons (Fsp3) is 1.00. The molecule has 0 aromatic carbocycles. The highest BCUT2D eigenvalue weighted by Crippen LogP contribution is 2.45. The minimum Gasteiger partial charge on any atom is -0.330 e. The number of hydrogen-bond donors (Lipinski definition) is 2. The van der Waals surface area contributed by atoms with Gasteiger partial charge >= 0.3 is 0 Å². The number of hydrogen-bond acceptors (Lipinski definition) is 2. The Morgan fingerprint density at radius 2 is 2.07 bits per heavy atom. The second-order valence-corrected chi connectivity index (χ2v) is 5.11. The monoisotopic (exact) mass is 196 g/mol. The standard InChI is InChI=1S/C12H24N2/c13-9-3-7-12-6-2-1-5-11(12)14-10-4-8-12/h11,14H,1-10,13H2. The smallest absolute Gasteiger partial charge is 0.0123 e. The van der Waals surface area contributed by atoms with Crippen LogP contribution in [0.15, 0.2) is 0 Å². The lowest BCUT2D eigenvalue weighted by molar-refractivity contribution is 0.0710. The molecule has 82 valence electrons. The topological polar surface area (TPSA) is 38.0 Å². The molecule has 0 aromatic rings.